The lowest BCUT2D eigenvalue weighted by Crippen LogP contribution is -2.47. The second-order valence-corrected chi connectivity index (χ2v) is 6.60. The Hall–Kier alpha value is -2.93. The molecule has 1 fully saturated rings. The van der Waals surface area contributed by atoms with Gasteiger partial charge in [-0.2, -0.15) is 0 Å². The van der Waals surface area contributed by atoms with Gasteiger partial charge in [0.25, 0.3) is 5.91 Å². The van der Waals surface area contributed by atoms with Gasteiger partial charge in [-0.1, -0.05) is 11.6 Å². The second-order valence-electron chi connectivity index (χ2n) is 6.19. The smallest absolute Gasteiger partial charge is 0.255 e. The highest BCUT2D eigenvalue weighted by atomic mass is 35.5. The number of ether oxygens (including phenoxy) is 2. The molecule has 2 N–H and O–H groups in total. The number of anilines is 2. The Morgan fingerprint density at radius 3 is 2.75 bits per heavy atom. The first kappa shape index (κ1) is 19.8. The Balaban J connectivity index is 1.74. The van der Waals surface area contributed by atoms with Crippen molar-refractivity contribution in [3.05, 3.63) is 47.0 Å². The molecule has 8 heteroatoms. The summed E-state index contributed by atoms with van der Waals surface area (Å²) >= 11 is 6.38. The third kappa shape index (κ3) is 4.48. The van der Waals surface area contributed by atoms with E-state index in [0.717, 1.165) is 5.69 Å². The third-order valence-electron chi connectivity index (χ3n) is 4.31. The molecule has 0 unspecified atom stereocenters. The van der Waals surface area contributed by atoms with Crippen molar-refractivity contribution in [2.45, 2.75) is 6.92 Å². The zero-order chi connectivity index (χ0) is 20.1. The summed E-state index contributed by atoms with van der Waals surface area (Å²) in [5.41, 5.74) is 1.76. The van der Waals surface area contributed by atoms with Crippen LogP contribution in [-0.4, -0.2) is 45.2 Å². The van der Waals surface area contributed by atoms with Crippen LogP contribution in [-0.2, 0) is 4.79 Å². The summed E-state index contributed by atoms with van der Waals surface area (Å²) in [6.45, 7) is 3.91. The molecule has 7 nitrogen and oxygen atoms in total. The fourth-order valence-electron chi connectivity index (χ4n) is 2.97. The maximum absolute atomic E-state index is 12.6. The van der Waals surface area contributed by atoms with Crippen molar-refractivity contribution in [2.75, 3.05) is 43.6 Å². The van der Waals surface area contributed by atoms with Crippen LogP contribution in [0.5, 0.6) is 11.5 Å². The lowest BCUT2D eigenvalue weighted by atomic mass is 10.1. The molecule has 1 heterocycles. The van der Waals surface area contributed by atoms with Crippen LogP contribution in [0.15, 0.2) is 36.4 Å². The molecular formula is C20H22ClN3O4. The highest BCUT2D eigenvalue weighted by Gasteiger charge is 2.19. The maximum atomic E-state index is 12.6. The molecule has 2 amide bonds. The van der Waals surface area contributed by atoms with Crippen molar-refractivity contribution in [3.8, 4) is 11.5 Å². The summed E-state index contributed by atoms with van der Waals surface area (Å²) in [6.07, 6.45) is 0. The number of hydrogen-bond acceptors (Lipinski definition) is 5. The Morgan fingerprint density at radius 2 is 2.07 bits per heavy atom. The van der Waals surface area contributed by atoms with Gasteiger partial charge < -0.3 is 25.0 Å². The summed E-state index contributed by atoms with van der Waals surface area (Å²) in [4.78, 5) is 26.1. The van der Waals surface area contributed by atoms with E-state index in [4.69, 9.17) is 21.1 Å². The predicted molar refractivity (Wildman–Crippen MR) is 109 cm³/mol. The molecule has 0 bridgehead atoms. The van der Waals surface area contributed by atoms with Crippen LogP contribution in [0.2, 0.25) is 5.02 Å². The molecular weight excluding hydrogens is 382 g/mol. The summed E-state index contributed by atoms with van der Waals surface area (Å²) in [6, 6.07) is 10.2. The zero-order valence-electron chi connectivity index (χ0n) is 15.8. The monoisotopic (exact) mass is 403 g/mol. The van der Waals surface area contributed by atoms with Gasteiger partial charge in [-0.15, -0.1) is 0 Å². The lowest BCUT2D eigenvalue weighted by Gasteiger charge is -2.29. The molecule has 0 aromatic heterocycles. The second kappa shape index (κ2) is 8.84. The van der Waals surface area contributed by atoms with Gasteiger partial charge in [-0.25, -0.2) is 0 Å². The van der Waals surface area contributed by atoms with Crippen molar-refractivity contribution in [2.24, 2.45) is 0 Å². The molecule has 28 heavy (non-hydrogen) atoms. The van der Waals surface area contributed by atoms with Crippen molar-refractivity contribution >= 4 is 34.8 Å². The average molecular weight is 404 g/mol. The minimum absolute atomic E-state index is 0.0378. The first-order chi connectivity index (χ1) is 13.5. The van der Waals surface area contributed by atoms with E-state index in [1.807, 2.05) is 11.8 Å². The van der Waals surface area contributed by atoms with Gasteiger partial charge in [-0.05, 0) is 43.3 Å². The number of amides is 2. The van der Waals surface area contributed by atoms with Gasteiger partial charge in [0.05, 0.1) is 31.0 Å². The number of nitrogens with one attached hydrogen (secondary N) is 2. The van der Waals surface area contributed by atoms with Crippen LogP contribution in [0.3, 0.4) is 0 Å². The van der Waals surface area contributed by atoms with Crippen LogP contribution in [0.1, 0.15) is 17.3 Å². The van der Waals surface area contributed by atoms with Crippen LogP contribution < -0.4 is 25.0 Å². The minimum atomic E-state index is -0.289. The number of carbonyl (C=O) groups excluding carboxylic acids is 2. The largest absolute Gasteiger partial charge is 0.493 e. The Bertz CT molecular complexity index is 888. The Kier molecular flexibility index (Phi) is 6.26. The molecule has 0 saturated carbocycles. The van der Waals surface area contributed by atoms with Crippen molar-refractivity contribution < 1.29 is 19.1 Å². The Labute approximate surface area is 168 Å². The minimum Gasteiger partial charge on any atom is -0.493 e. The van der Waals surface area contributed by atoms with E-state index in [9.17, 15) is 9.59 Å². The lowest BCUT2D eigenvalue weighted by molar-refractivity contribution is -0.120. The number of hydrogen-bond donors (Lipinski definition) is 2. The van der Waals surface area contributed by atoms with Crippen molar-refractivity contribution in [1.82, 2.24) is 5.32 Å². The first-order valence-corrected chi connectivity index (χ1v) is 9.33. The number of halogens is 1. The molecule has 3 rings (SSSR count). The van der Waals surface area contributed by atoms with Gasteiger partial charge >= 0.3 is 0 Å². The van der Waals surface area contributed by atoms with E-state index in [1.54, 1.807) is 36.4 Å². The van der Waals surface area contributed by atoms with E-state index < -0.39 is 0 Å². The molecule has 148 valence electrons. The van der Waals surface area contributed by atoms with E-state index in [0.29, 0.717) is 47.5 Å². The van der Waals surface area contributed by atoms with E-state index in [-0.39, 0.29) is 18.4 Å². The fourth-order valence-corrected chi connectivity index (χ4v) is 3.27. The summed E-state index contributed by atoms with van der Waals surface area (Å²) in [7, 11) is 1.53. The zero-order valence-corrected chi connectivity index (χ0v) is 16.5. The van der Waals surface area contributed by atoms with E-state index in [2.05, 4.69) is 10.6 Å². The number of nitrogens with zero attached hydrogens (tertiary/aromatic N) is 1. The van der Waals surface area contributed by atoms with Crippen LogP contribution >= 0.6 is 11.6 Å². The number of piperazine rings is 1. The van der Waals surface area contributed by atoms with Gasteiger partial charge in [0.15, 0.2) is 11.5 Å². The number of methoxy groups -OCH3 is 1. The maximum Gasteiger partial charge on any atom is 0.255 e. The molecule has 0 atom stereocenters. The topological polar surface area (TPSA) is 79.9 Å². The van der Waals surface area contributed by atoms with Crippen molar-refractivity contribution in [3.63, 3.8) is 0 Å². The number of benzene rings is 2. The molecule has 1 saturated heterocycles. The van der Waals surface area contributed by atoms with Crippen LogP contribution in [0, 0.1) is 0 Å². The number of carbonyl (C=O) groups is 2. The van der Waals surface area contributed by atoms with Crippen LogP contribution in [0.25, 0.3) is 0 Å². The predicted octanol–water partition coefficient (Wildman–Crippen LogP) is 2.94. The van der Waals surface area contributed by atoms with Gasteiger partial charge in [0.1, 0.15) is 0 Å². The third-order valence-corrected chi connectivity index (χ3v) is 4.61. The van der Waals surface area contributed by atoms with Gasteiger partial charge in [0, 0.05) is 24.3 Å². The quantitative estimate of drug-likeness (QED) is 0.775. The molecule has 2 aromatic carbocycles. The molecule has 0 radical (unpaired) electrons. The number of rotatable bonds is 6. The highest BCUT2D eigenvalue weighted by Crippen LogP contribution is 2.31. The van der Waals surface area contributed by atoms with E-state index >= 15 is 0 Å². The van der Waals surface area contributed by atoms with E-state index in [1.165, 1.54) is 7.11 Å². The summed E-state index contributed by atoms with van der Waals surface area (Å²) in [5.74, 6) is 0.748. The fraction of sp³-hybridized carbons (Fsp3) is 0.300. The highest BCUT2D eigenvalue weighted by molar-refractivity contribution is 6.33. The molecule has 2 aromatic rings. The van der Waals surface area contributed by atoms with Gasteiger partial charge in [0.2, 0.25) is 5.91 Å². The Morgan fingerprint density at radius 1 is 1.25 bits per heavy atom. The average Bonchev–Trinajstić information content (AvgIpc) is 2.68. The summed E-state index contributed by atoms with van der Waals surface area (Å²) in [5, 5.41) is 6.07. The van der Waals surface area contributed by atoms with Gasteiger partial charge in [-0.3, -0.25) is 9.59 Å². The van der Waals surface area contributed by atoms with Crippen molar-refractivity contribution in [1.29, 1.82) is 0 Å². The summed E-state index contributed by atoms with van der Waals surface area (Å²) < 4.78 is 10.8. The molecule has 1 aliphatic rings. The van der Waals surface area contributed by atoms with Crippen LogP contribution in [0.4, 0.5) is 11.4 Å². The molecule has 0 aliphatic carbocycles. The standard InChI is InChI=1S/C20H22ClN3O4/c1-3-28-17-7-4-13(10-18(17)27-2)20(26)23-14-5-6-16(15(21)11-14)24-9-8-22-19(25)12-24/h4-7,10-11H,3,8-9,12H2,1-2H3,(H,22,25)(H,23,26). The SMILES string of the molecule is CCOc1ccc(C(=O)Nc2ccc(N3CCNC(=O)C3)c(Cl)c2)cc1OC. The normalized spacial score (nSPS) is 13.7. The molecule has 0 spiro atoms. The molecule has 1 aliphatic heterocycles. The first-order valence-electron chi connectivity index (χ1n) is 8.95.